The van der Waals surface area contributed by atoms with Gasteiger partial charge in [-0.05, 0) is 48.4 Å². The zero-order chi connectivity index (χ0) is 22.1. The molecule has 0 atom stereocenters. The summed E-state index contributed by atoms with van der Waals surface area (Å²) in [6.45, 7) is 1.68. The number of imide groups is 1. The van der Waals surface area contributed by atoms with Crippen LogP contribution in [0.2, 0.25) is 10.0 Å². The van der Waals surface area contributed by atoms with Crippen LogP contribution in [-0.2, 0) is 16.1 Å². The third-order valence-electron chi connectivity index (χ3n) is 5.05. The van der Waals surface area contributed by atoms with Crippen molar-refractivity contribution >= 4 is 46.3 Å². The minimum atomic E-state index is -0.544. The van der Waals surface area contributed by atoms with Crippen molar-refractivity contribution in [3.8, 4) is 0 Å². The lowest BCUT2D eigenvalue weighted by atomic mass is 10.0. The Bertz CT molecular complexity index is 1220. The largest absolute Gasteiger partial charge is 0.350 e. The van der Waals surface area contributed by atoms with E-state index in [1.54, 1.807) is 54.6 Å². The maximum atomic E-state index is 14.2. The highest BCUT2D eigenvalue weighted by Gasteiger charge is 2.39. The number of benzene rings is 3. The Morgan fingerprint density at radius 2 is 1.58 bits per heavy atom. The van der Waals surface area contributed by atoms with Crippen LogP contribution in [-0.4, -0.2) is 16.7 Å². The highest BCUT2D eigenvalue weighted by molar-refractivity contribution is 6.37. The summed E-state index contributed by atoms with van der Waals surface area (Å²) in [6.07, 6.45) is 0. The summed E-state index contributed by atoms with van der Waals surface area (Å²) < 4.78 is 14.2. The van der Waals surface area contributed by atoms with E-state index in [2.05, 4.69) is 5.32 Å². The summed E-state index contributed by atoms with van der Waals surface area (Å²) in [7, 11) is 0. The van der Waals surface area contributed by atoms with Gasteiger partial charge in [-0.3, -0.25) is 14.5 Å². The number of hydrogen-bond donors (Lipinski definition) is 1. The van der Waals surface area contributed by atoms with Gasteiger partial charge in [0.05, 0.1) is 12.1 Å². The van der Waals surface area contributed by atoms with Gasteiger partial charge in [0, 0.05) is 21.3 Å². The van der Waals surface area contributed by atoms with Gasteiger partial charge in [-0.1, -0.05) is 59.6 Å². The first-order valence-corrected chi connectivity index (χ1v) is 10.2. The van der Waals surface area contributed by atoms with E-state index in [1.165, 1.54) is 6.07 Å². The van der Waals surface area contributed by atoms with Gasteiger partial charge < -0.3 is 5.32 Å². The van der Waals surface area contributed by atoms with Gasteiger partial charge >= 0.3 is 0 Å². The predicted molar refractivity (Wildman–Crippen MR) is 120 cm³/mol. The van der Waals surface area contributed by atoms with E-state index < -0.39 is 17.6 Å². The normalized spacial score (nSPS) is 13.9. The number of halogens is 3. The second-order valence-electron chi connectivity index (χ2n) is 7.13. The second-order valence-corrected chi connectivity index (χ2v) is 8.00. The summed E-state index contributed by atoms with van der Waals surface area (Å²) >= 11 is 12.1. The van der Waals surface area contributed by atoms with Crippen molar-refractivity contribution in [2.75, 3.05) is 5.32 Å². The number of hydrogen-bond acceptors (Lipinski definition) is 3. The smallest absolute Gasteiger partial charge is 0.278 e. The van der Waals surface area contributed by atoms with Crippen LogP contribution in [0.1, 0.15) is 16.7 Å². The third kappa shape index (κ3) is 4.20. The molecule has 0 saturated heterocycles. The van der Waals surface area contributed by atoms with E-state index in [1.807, 2.05) is 13.0 Å². The third-order valence-corrected chi connectivity index (χ3v) is 5.53. The summed E-state index contributed by atoms with van der Waals surface area (Å²) in [5.41, 5.74) is 2.52. The first-order chi connectivity index (χ1) is 14.8. The molecule has 0 unspecified atom stereocenters. The first kappa shape index (κ1) is 21.1. The fraction of sp³-hybridized carbons (Fsp3) is 0.0833. The molecule has 4 nitrogen and oxygen atoms in total. The fourth-order valence-corrected chi connectivity index (χ4v) is 3.68. The Hall–Kier alpha value is -3.15. The number of carbonyl (C=O) groups excluding carboxylic acids is 2. The molecular weight excluding hydrogens is 438 g/mol. The molecule has 1 N–H and O–H groups in total. The molecule has 2 amide bonds. The van der Waals surface area contributed by atoms with Crippen molar-refractivity contribution in [2.45, 2.75) is 13.5 Å². The maximum absolute atomic E-state index is 14.2. The van der Waals surface area contributed by atoms with Crippen LogP contribution in [0.5, 0.6) is 0 Å². The van der Waals surface area contributed by atoms with Gasteiger partial charge in [0.2, 0.25) is 0 Å². The minimum absolute atomic E-state index is 0.106. The van der Waals surface area contributed by atoms with E-state index in [4.69, 9.17) is 23.2 Å². The predicted octanol–water partition coefficient (Wildman–Crippen LogP) is 5.83. The molecule has 156 valence electrons. The molecule has 4 rings (SSSR count). The number of nitrogens with one attached hydrogen (secondary N) is 1. The van der Waals surface area contributed by atoms with Gasteiger partial charge in [0.25, 0.3) is 11.8 Å². The summed E-state index contributed by atoms with van der Waals surface area (Å²) in [5, 5.41) is 4.07. The van der Waals surface area contributed by atoms with Crippen LogP contribution < -0.4 is 5.32 Å². The number of aryl methyl sites for hydroxylation is 1. The zero-order valence-electron chi connectivity index (χ0n) is 16.5. The lowest BCUT2D eigenvalue weighted by Crippen LogP contribution is -2.32. The summed E-state index contributed by atoms with van der Waals surface area (Å²) in [5.74, 6) is -1.54. The average Bonchev–Trinajstić information content (AvgIpc) is 2.97. The van der Waals surface area contributed by atoms with Crippen LogP contribution in [0.25, 0.3) is 5.57 Å². The van der Waals surface area contributed by atoms with Crippen LogP contribution >= 0.6 is 23.2 Å². The molecule has 0 spiro atoms. The van der Waals surface area contributed by atoms with Crippen LogP contribution in [0, 0.1) is 12.7 Å². The highest BCUT2D eigenvalue weighted by atomic mass is 35.5. The van der Waals surface area contributed by atoms with Crippen LogP contribution in [0.3, 0.4) is 0 Å². The van der Waals surface area contributed by atoms with E-state index in [0.29, 0.717) is 21.3 Å². The van der Waals surface area contributed by atoms with Crippen molar-refractivity contribution in [3.63, 3.8) is 0 Å². The molecular formula is C24H17Cl2FN2O2. The van der Waals surface area contributed by atoms with Crippen molar-refractivity contribution in [2.24, 2.45) is 0 Å². The number of amides is 2. The van der Waals surface area contributed by atoms with Gasteiger partial charge in [-0.15, -0.1) is 0 Å². The van der Waals surface area contributed by atoms with Gasteiger partial charge in [-0.2, -0.15) is 0 Å². The molecule has 7 heteroatoms. The molecule has 0 aromatic heterocycles. The van der Waals surface area contributed by atoms with Crippen molar-refractivity contribution < 1.29 is 14.0 Å². The Kier molecular flexibility index (Phi) is 5.81. The van der Waals surface area contributed by atoms with Gasteiger partial charge in [-0.25, -0.2) is 4.39 Å². The maximum Gasteiger partial charge on any atom is 0.278 e. The molecule has 3 aromatic rings. The fourth-order valence-electron chi connectivity index (χ4n) is 3.38. The van der Waals surface area contributed by atoms with Crippen LogP contribution in [0.15, 0.2) is 72.4 Å². The lowest BCUT2D eigenvalue weighted by molar-refractivity contribution is -0.137. The quantitative estimate of drug-likeness (QED) is 0.493. The molecule has 0 aliphatic carbocycles. The van der Waals surface area contributed by atoms with Gasteiger partial charge in [0.15, 0.2) is 0 Å². The molecule has 31 heavy (non-hydrogen) atoms. The van der Waals surface area contributed by atoms with Crippen molar-refractivity contribution in [3.05, 3.63) is 105 Å². The Balaban J connectivity index is 1.78. The number of carbonyl (C=O) groups is 2. The Morgan fingerprint density at radius 1 is 0.903 bits per heavy atom. The molecule has 3 aromatic carbocycles. The second kappa shape index (κ2) is 8.53. The Morgan fingerprint density at radius 3 is 2.29 bits per heavy atom. The SMILES string of the molecule is Cc1ccc(Cl)cc1NC1=C(c2ccc(Cl)cc2)C(=O)N(Cc2ccccc2F)C1=O. The molecule has 0 bridgehead atoms. The average molecular weight is 455 g/mol. The van der Waals surface area contributed by atoms with Crippen LogP contribution in [0.4, 0.5) is 10.1 Å². The topological polar surface area (TPSA) is 49.4 Å². The number of anilines is 1. The standard InChI is InChI=1S/C24H17Cl2FN2O2/c1-14-6-9-18(26)12-20(14)28-22-21(15-7-10-17(25)11-8-15)23(30)29(24(22)31)13-16-4-2-3-5-19(16)27/h2-12,28H,13H2,1H3. The molecule has 0 fully saturated rings. The van der Waals surface area contributed by atoms with E-state index >= 15 is 0 Å². The lowest BCUT2D eigenvalue weighted by Gasteiger charge is -2.16. The minimum Gasteiger partial charge on any atom is -0.350 e. The zero-order valence-corrected chi connectivity index (χ0v) is 18.0. The molecule has 0 saturated carbocycles. The summed E-state index contributed by atoms with van der Waals surface area (Å²) in [4.78, 5) is 27.6. The Labute approximate surface area is 188 Å². The van der Waals surface area contributed by atoms with E-state index in [-0.39, 0.29) is 23.4 Å². The number of rotatable bonds is 5. The van der Waals surface area contributed by atoms with E-state index in [0.717, 1.165) is 10.5 Å². The molecule has 1 aliphatic rings. The van der Waals surface area contributed by atoms with Crippen molar-refractivity contribution in [1.82, 2.24) is 4.90 Å². The highest BCUT2D eigenvalue weighted by Crippen LogP contribution is 2.33. The van der Waals surface area contributed by atoms with Crippen molar-refractivity contribution in [1.29, 1.82) is 0 Å². The molecule has 0 radical (unpaired) electrons. The molecule has 1 heterocycles. The monoisotopic (exact) mass is 454 g/mol. The van der Waals surface area contributed by atoms with E-state index in [9.17, 15) is 14.0 Å². The van der Waals surface area contributed by atoms with Gasteiger partial charge in [0.1, 0.15) is 11.5 Å². The molecule has 1 aliphatic heterocycles. The number of nitrogens with zero attached hydrogens (tertiary/aromatic N) is 1. The summed E-state index contributed by atoms with van der Waals surface area (Å²) in [6, 6.07) is 17.9. The first-order valence-electron chi connectivity index (χ1n) is 9.48.